The van der Waals surface area contributed by atoms with Crippen LogP contribution in [0.5, 0.6) is 0 Å². The van der Waals surface area contributed by atoms with Crippen molar-refractivity contribution >= 4 is 17.3 Å². The highest BCUT2D eigenvalue weighted by Crippen LogP contribution is 2.21. The highest BCUT2D eigenvalue weighted by atomic mass is 16.6. The van der Waals surface area contributed by atoms with Crippen LogP contribution in [0, 0.1) is 37.8 Å². The Morgan fingerprint density at radius 3 is 2.32 bits per heavy atom. The van der Waals surface area contributed by atoms with Crippen molar-refractivity contribution < 1.29 is 9.72 Å². The van der Waals surface area contributed by atoms with Crippen LogP contribution in [-0.2, 0) is 11.3 Å². The van der Waals surface area contributed by atoms with Gasteiger partial charge in [0.1, 0.15) is 17.9 Å². The number of carbonyl (C=O) groups excluding carboxylic acids is 1. The van der Waals surface area contributed by atoms with Gasteiger partial charge in [0.05, 0.1) is 4.92 Å². The van der Waals surface area contributed by atoms with E-state index in [1.165, 1.54) is 4.68 Å². The molecule has 116 valence electrons. The monoisotopic (exact) mass is 302 g/mol. The standard InChI is InChI=1S/C15H18N4O3/c1-9-5-10(2)7-13(6-9)16-14(20)8-18-12(4)15(19(21)22)11(3)17-18/h5-7H,8H2,1-4H3,(H,16,20). The molecule has 0 atom stereocenters. The zero-order valence-corrected chi connectivity index (χ0v) is 13.0. The van der Waals surface area contributed by atoms with Crippen molar-refractivity contribution in [1.29, 1.82) is 0 Å². The molecule has 1 heterocycles. The summed E-state index contributed by atoms with van der Waals surface area (Å²) >= 11 is 0. The lowest BCUT2D eigenvalue weighted by molar-refractivity contribution is -0.386. The van der Waals surface area contributed by atoms with Crippen molar-refractivity contribution in [3.8, 4) is 0 Å². The van der Waals surface area contributed by atoms with Gasteiger partial charge in [-0.3, -0.25) is 19.6 Å². The third kappa shape index (κ3) is 3.30. The molecule has 0 bridgehead atoms. The van der Waals surface area contributed by atoms with Gasteiger partial charge in [-0.25, -0.2) is 0 Å². The van der Waals surface area contributed by atoms with Crippen molar-refractivity contribution in [2.75, 3.05) is 5.32 Å². The number of nitrogens with one attached hydrogen (secondary N) is 1. The molecule has 0 radical (unpaired) electrons. The molecule has 0 aliphatic heterocycles. The number of nitro groups is 1. The van der Waals surface area contributed by atoms with E-state index in [0.29, 0.717) is 17.1 Å². The molecule has 7 heteroatoms. The normalized spacial score (nSPS) is 10.5. The number of aromatic nitrogens is 2. The molecule has 2 aromatic rings. The summed E-state index contributed by atoms with van der Waals surface area (Å²) in [5, 5.41) is 17.8. The summed E-state index contributed by atoms with van der Waals surface area (Å²) in [4.78, 5) is 22.6. The average molecular weight is 302 g/mol. The van der Waals surface area contributed by atoms with Crippen molar-refractivity contribution in [1.82, 2.24) is 9.78 Å². The maximum atomic E-state index is 12.1. The number of aryl methyl sites for hydroxylation is 3. The highest BCUT2D eigenvalue weighted by Gasteiger charge is 2.22. The van der Waals surface area contributed by atoms with Crippen molar-refractivity contribution in [2.45, 2.75) is 34.2 Å². The van der Waals surface area contributed by atoms with Crippen LogP contribution in [0.3, 0.4) is 0 Å². The first-order valence-electron chi connectivity index (χ1n) is 6.84. The predicted molar refractivity (Wildman–Crippen MR) is 82.9 cm³/mol. The van der Waals surface area contributed by atoms with Crippen molar-refractivity contribution in [3.05, 3.63) is 50.8 Å². The number of nitrogens with zero attached hydrogens (tertiary/aromatic N) is 3. The van der Waals surface area contributed by atoms with E-state index in [1.807, 2.05) is 32.0 Å². The SMILES string of the molecule is Cc1cc(C)cc(NC(=O)Cn2nc(C)c([N+](=O)[O-])c2C)c1. The molecule has 1 aromatic carbocycles. The lowest BCUT2D eigenvalue weighted by atomic mass is 10.1. The maximum absolute atomic E-state index is 12.1. The number of amides is 1. The van der Waals surface area contributed by atoms with Gasteiger partial charge in [0.15, 0.2) is 0 Å². The molecule has 7 nitrogen and oxygen atoms in total. The first kappa shape index (κ1) is 15.7. The van der Waals surface area contributed by atoms with Crippen molar-refractivity contribution in [3.63, 3.8) is 0 Å². The smallest absolute Gasteiger partial charge is 0.312 e. The molecule has 0 aliphatic carbocycles. The molecular formula is C15H18N4O3. The van der Waals surface area contributed by atoms with Gasteiger partial charge in [-0.15, -0.1) is 0 Å². The number of rotatable bonds is 4. The molecule has 1 N–H and O–H groups in total. The summed E-state index contributed by atoms with van der Waals surface area (Å²) in [6.45, 7) is 6.99. The molecule has 0 fully saturated rings. The highest BCUT2D eigenvalue weighted by molar-refractivity contribution is 5.90. The minimum absolute atomic E-state index is 0.0424. The zero-order valence-electron chi connectivity index (χ0n) is 13.0. The van der Waals surface area contributed by atoms with E-state index >= 15 is 0 Å². The topological polar surface area (TPSA) is 90.1 Å². The van der Waals surface area contributed by atoms with E-state index in [2.05, 4.69) is 10.4 Å². The third-order valence-electron chi connectivity index (χ3n) is 3.32. The second-order valence-corrected chi connectivity index (χ2v) is 5.36. The number of hydrogen-bond acceptors (Lipinski definition) is 4. The number of benzene rings is 1. The summed E-state index contributed by atoms with van der Waals surface area (Å²) in [5.74, 6) is -0.273. The summed E-state index contributed by atoms with van der Waals surface area (Å²) < 4.78 is 1.35. The fourth-order valence-electron chi connectivity index (χ4n) is 2.49. The zero-order chi connectivity index (χ0) is 16.4. The van der Waals surface area contributed by atoms with Crippen LogP contribution in [0.4, 0.5) is 11.4 Å². The fourth-order valence-corrected chi connectivity index (χ4v) is 2.49. The minimum Gasteiger partial charge on any atom is -0.324 e. The summed E-state index contributed by atoms with van der Waals surface area (Å²) in [6.07, 6.45) is 0. The van der Waals surface area contributed by atoms with E-state index < -0.39 is 4.92 Å². The van der Waals surface area contributed by atoms with Crippen LogP contribution in [-0.4, -0.2) is 20.6 Å². The Morgan fingerprint density at radius 2 is 1.82 bits per heavy atom. The first-order valence-corrected chi connectivity index (χ1v) is 6.84. The van der Waals surface area contributed by atoms with Gasteiger partial charge in [0.25, 0.3) is 0 Å². The Kier molecular flexibility index (Phi) is 4.25. The fraction of sp³-hybridized carbons (Fsp3) is 0.333. The Balaban J connectivity index is 2.16. The Labute approximate surface area is 128 Å². The van der Waals surface area contributed by atoms with Crippen LogP contribution in [0.1, 0.15) is 22.5 Å². The predicted octanol–water partition coefficient (Wildman–Crippen LogP) is 2.66. The summed E-state index contributed by atoms with van der Waals surface area (Å²) in [7, 11) is 0. The second kappa shape index (κ2) is 5.97. The van der Waals surface area contributed by atoms with Gasteiger partial charge in [-0.2, -0.15) is 5.10 Å². The average Bonchev–Trinajstić information content (AvgIpc) is 2.62. The first-order chi connectivity index (χ1) is 10.3. The quantitative estimate of drug-likeness (QED) is 0.694. The summed E-state index contributed by atoms with van der Waals surface area (Å²) in [5.41, 5.74) is 3.45. The molecule has 0 spiro atoms. The molecular weight excluding hydrogens is 284 g/mol. The van der Waals surface area contributed by atoms with E-state index in [4.69, 9.17) is 0 Å². The minimum atomic E-state index is -0.476. The van der Waals surface area contributed by atoms with Crippen LogP contribution in [0.2, 0.25) is 0 Å². The Bertz CT molecular complexity index is 729. The van der Waals surface area contributed by atoms with Crippen molar-refractivity contribution in [2.24, 2.45) is 0 Å². The molecule has 2 rings (SSSR count). The van der Waals surface area contributed by atoms with E-state index in [9.17, 15) is 14.9 Å². The van der Waals surface area contributed by atoms with Gasteiger partial charge in [-0.1, -0.05) is 6.07 Å². The van der Waals surface area contributed by atoms with Crippen LogP contribution in [0.15, 0.2) is 18.2 Å². The van der Waals surface area contributed by atoms with Gasteiger partial charge in [0, 0.05) is 5.69 Å². The second-order valence-electron chi connectivity index (χ2n) is 5.36. The van der Waals surface area contributed by atoms with Crippen LogP contribution >= 0.6 is 0 Å². The lowest BCUT2D eigenvalue weighted by Gasteiger charge is -2.08. The van der Waals surface area contributed by atoms with Gasteiger partial charge in [0.2, 0.25) is 5.91 Å². The molecule has 0 saturated heterocycles. The largest absolute Gasteiger partial charge is 0.324 e. The van der Waals surface area contributed by atoms with E-state index in [-0.39, 0.29) is 18.1 Å². The maximum Gasteiger partial charge on any atom is 0.312 e. The van der Waals surface area contributed by atoms with Gasteiger partial charge in [-0.05, 0) is 51.0 Å². The molecule has 22 heavy (non-hydrogen) atoms. The molecule has 1 amide bonds. The van der Waals surface area contributed by atoms with E-state index in [0.717, 1.165) is 11.1 Å². The summed E-state index contributed by atoms with van der Waals surface area (Å²) in [6, 6.07) is 5.75. The van der Waals surface area contributed by atoms with Gasteiger partial charge < -0.3 is 5.32 Å². The molecule has 0 unspecified atom stereocenters. The number of hydrogen-bond donors (Lipinski definition) is 1. The Hall–Kier alpha value is -2.70. The number of anilines is 1. The van der Waals surface area contributed by atoms with Crippen LogP contribution < -0.4 is 5.32 Å². The lowest BCUT2D eigenvalue weighted by Crippen LogP contribution is -2.20. The molecule has 0 aliphatic rings. The van der Waals surface area contributed by atoms with Crippen LogP contribution in [0.25, 0.3) is 0 Å². The van der Waals surface area contributed by atoms with E-state index in [1.54, 1.807) is 13.8 Å². The molecule has 0 saturated carbocycles. The Morgan fingerprint density at radius 1 is 1.23 bits per heavy atom. The number of carbonyl (C=O) groups is 1. The van der Waals surface area contributed by atoms with Gasteiger partial charge >= 0.3 is 5.69 Å². The molecule has 1 aromatic heterocycles. The third-order valence-corrected chi connectivity index (χ3v) is 3.32.